The van der Waals surface area contributed by atoms with Gasteiger partial charge in [0.25, 0.3) is 0 Å². The number of benzene rings is 1. The highest BCUT2D eigenvalue weighted by molar-refractivity contribution is 6.33. The van der Waals surface area contributed by atoms with Crippen LogP contribution in [0.1, 0.15) is 44.1 Å². The van der Waals surface area contributed by atoms with Crippen LogP contribution < -0.4 is 5.32 Å². The van der Waals surface area contributed by atoms with Crippen molar-refractivity contribution in [2.45, 2.75) is 45.4 Å². The molecule has 17 heavy (non-hydrogen) atoms. The SMILES string of the molecule is Cc1ccc(Cl)c(NCCC2CCCCC2)c1. The van der Waals surface area contributed by atoms with Gasteiger partial charge >= 0.3 is 0 Å². The first-order valence-corrected chi connectivity index (χ1v) is 7.13. The second kappa shape index (κ2) is 6.30. The summed E-state index contributed by atoms with van der Waals surface area (Å²) in [6.07, 6.45) is 8.41. The van der Waals surface area contributed by atoms with Gasteiger partial charge in [0.2, 0.25) is 0 Å². The van der Waals surface area contributed by atoms with Crippen LogP contribution in [-0.2, 0) is 0 Å². The third-order valence-corrected chi connectivity index (χ3v) is 4.04. The molecule has 0 atom stereocenters. The maximum absolute atomic E-state index is 6.16. The van der Waals surface area contributed by atoms with Crippen molar-refractivity contribution in [2.75, 3.05) is 11.9 Å². The van der Waals surface area contributed by atoms with Crippen molar-refractivity contribution in [2.24, 2.45) is 5.92 Å². The van der Waals surface area contributed by atoms with E-state index in [1.165, 1.54) is 44.1 Å². The van der Waals surface area contributed by atoms with Crippen LogP contribution in [0.3, 0.4) is 0 Å². The van der Waals surface area contributed by atoms with E-state index in [-0.39, 0.29) is 0 Å². The number of hydrogen-bond acceptors (Lipinski definition) is 1. The third-order valence-electron chi connectivity index (χ3n) is 3.71. The van der Waals surface area contributed by atoms with Gasteiger partial charge < -0.3 is 5.32 Å². The van der Waals surface area contributed by atoms with E-state index in [1.807, 2.05) is 6.07 Å². The van der Waals surface area contributed by atoms with E-state index in [2.05, 4.69) is 24.4 Å². The molecule has 1 nitrogen and oxygen atoms in total. The Labute approximate surface area is 110 Å². The summed E-state index contributed by atoms with van der Waals surface area (Å²) in [5, 5.41) is 4.30. The maximum atomic E-state index is 6.16. The largest absolute Gasteiger partial charge is 0.384 e. The van der Waals surface area contributed by atoms with Crippen molar-refractivity contribution in [3.63, 3.8) is 0 Å². The van der Waals surface area contributed by atoms with E-state index in [4.69, 9.17) is 11.6 Å². The molecule has 1 fully saturated rings. The van der Waals surface area contributed by atoms with E-state index in [1.54, 1.807) is 0 Å². The summed E-state index contributed by atoms with van der Waals surface area (Å²) < 4.78 is 0. The van der Waals surface area contributed by atoms with Gasteiger partial charge in [-0.25, -0.2) is 0 Å². The molecule has 2 heteroatoms. The summed E-state index contributed by atoms with van der Waals surface area (Å²) in [5.41, 5.74) is 2.34. The molecule has 1 saturated carbocycles. The van der Waals surface area contributed by atoms with Crippen LogP contribution in [0.25, 0.3) is 0 Å². The Morgan fingerprint density at radius 1 is 1.24 bits per heavy atom. The average molecular weight is 252 g/mol. The molecule has 0 saturated heterocycles. The van der Waals surface area contributed by atoms with Crippen molar-refractivity contribution in [1.29, 1.82) is 0 Å². The summed E-state index contributed by atoms with van der Waals surface area (Å²) in [5.74, 6) is 0.930. The molecule has 94 valence electrons. The van der Waals surface area contributed by atoms with Gasteiger partial charge in [-0.15, -0.1) is 0 Å². The van der Waals surface area contributed by atoms with Gasteiger partial charge in [-0.3, -0.25) is 0 Å². The van der Waals surface area contributed by atoms with Crippen LogP contribution in [0.5, 0.6) is 0 Å². The van der Waals surface area contributed by atoms with Crippen LogP contribution >= 0.6 is 11.6 Å². The fourth-order valence-corrected chi connectivity index (χ4v) is 2.85. The van der Waals surface area contributed by atoms with Crippen molar-refractivity contribution in [3.8, 4) is 0 Å². The Kier molecular flexibility index (Phi) is 4.73. The van der Waals surface area contributed by atoms with Crippen molar-refractivity contribution in [1.82, 2.24) is 0 Å². The molecule has 1 aromatic rings. The van der Waals surface area contributed by atoms with Gasteiger partial charge in [0.1, 0.15) is 0 Å². The molecular weight excluding hydrogens is 230 g/mol. The number of anilines is 1. The number of rotatable bonds is 4. The Morgan fingerprint density at radius 3 is 2.76 bits per heavy atom. The van der Waals surface area contributed by atoms with E-state index in [0.717, 1.165) is 23.2 Å². The number of aryl methyl sites for hydroxylation is 1. The topological polar surface area (TPSA) is 12.0 Å². The number of nitrogens with one attached hydrogen (secondary N) is 1. The second-order valence-corrected chi connectivity index (χ2v) is 5.61. The van der Waals surface area contributed by atoms with Crippen LogP contribution in [0.2, 0.25) is 5.02 Å². The first kappa shape index (κ1) is 12.8. The normalized spacial score (nSPS) is 17.1. The summed E-state index contributed by atoms with van der Waals surface area (Å²) in [7, 11) is 0. The third kappa shape index (κ3) is 3.92. The Balaban J connectivity index is 1.79. The minimum Gasteiger partial charge on any atom is -0.384 e. The van der Waals surface area contributed by atoms with Crippen molar-refractivity contribution in [3.05, 3.63) is 28.8 Å². The van der Waals surface area contributed by atoms with Crippen molar-refractivity contribution < 1.29 is 0 Å². The van der Waals surface area contributed by atoms with Gasteiger partial charge in [0.05, 0.1) is 10.7 Å². The number of hydrogen-bond donors (Lipinski definition) is 1. The van der Waals surface area contributed by atoms with E-state index >= 15 is 0 Å². The van der Waals surface area contributed by atoms with Crippen molar-refractivity contribution >= 4 is 17.3 Å². The highest BCUT2D eigenvalue weighted by Crippen LogP contribution is 2.27. The predicted molar refractivity (Wildman–Crippen MR) is 75.9 cm³/mol. The van der Waals surface area contributed by atoms with Crippen LogP contribution in [0, 0.1) is 12.8 Å². The van der Waals surface area contributed by atoms with E-state index in [9.17, 15) is 0 Å². The first-order chi connectivity index (χ1) is 8.25. The zero-order valence-electron chi connectivity index (χ0n) is 10.6. The zero-order valence-corrected chi connectivity index (χ0v) is 11.4. The minimum absolute atomic E-state index is 0.833. The molecule has 0 radical (unpaired) electrons. The zero-order chi connectivity index (χ0) is 12.1. The summed E-state index contributed by atoms with van der Waals surface area (Å²) in [6, 6.07) is 6.15. The minimum atomic E-state index is 0.833. The van der Waals surface area contributed by atoms with Gasteiger partial charge in [-0.2, -0.15) is 0 Å². The van der Waals surface area contributed by atoms with Gasteiger partial charge in [0, 0.05) is 6.54 Å². The molecule has 0 amide bonds. The van der Waals surface area contributed by atoms with E-state index < -0.39 is 0 Å². The molecule has 0 spiro atoms. The Hall–Kier alpha value is -0.690. The molecule has 0 bridgehead atoms. The molecule has 0 heterocycles. The molecule has 2 rings (SSSR count). The van der Waals surface area contributed by atoms with Gasteiger partial charge in [-0.05, 0) is 37.0 Å². The van der Waals surface area contributed by atoms with Crippen LogP contribution in [0.15, 0.2) is 18.2 Å². The quantitative estimate of drug-likeness (QED) is 0.791. The smallest absolute Gasteiger partial charge is 0.0637 e. The highest BCUT2D eigenvalue weighted by Gasteiger charge is 2.12. The lowest BCUT2D eigenvalue weighted by atomic mass is 9.87. The Morgan fingerprint density at radius 2 is 2.00 bits per heavy atom. The van der Waals surface area contributed by atoms with Gasteiger partial charge in [-0.1, -0.05) is 49.8 Å². The fourth-order valence-electron chi connectivity index (χ4n) is 2.66. The first-order valence-electron chi connectivity index (χ1n) is 6.76. The van der Waals surface area contributed by atoms with Gasteiger partial charge in [0.15, 0.2) is 0 Å². The molecule has 1 aliphatic carbocycles. The average Bonchev–Trinajstić information content (AvgIpc) is 2.35. The number of halogens is 1. The Bertz CT molecular complexity index is 356. The maximum Gasteiger partial charge on any atom is 0.0637 e. The molecule has 1 aliphatic rings. The second-order valence-electron chi connectivity index (χ2n) is 5.20. The van der Waals surface area contributed by atoms with Crippen LogP contribution in [-0.4, -0.2) is 6.54 Å². The summed E-state index contributed by atoms with van der Waals surface area (Å²) in [6.45, 7) is 3.15. The van der Waals surface area contributed by atoms with Crippen LogP contribution in [0.4, 0.5) is 5.69 Å². The monoisotopic (exact) mass is 251 g/mol. The lowest BCUT2D eigenvalue weighted by molar-refractivity contribution is 0.345. The molecule has 0 aromatic heterocycles. The van der Waals surface area contributed by atoms with E-state index in [0.29, 0.717) is 0 Å². The molecular formula is C15H22ClN. The lowest BCUT2D eigenvalue weighted by Gasteiger charge is -2.21. The lowest BCUT2D eigenvalue weighted by Crippen LogP contribution is -2.12. The predicted octanol–water partition coefficient (Wildman–Crippen LogP) is 5.03. The summed E-state index contributed by atoms with van der Waals surface area (Å²) >= 11 is 6.16. The standard InChI is InChI=1S/C15H22ClN/c1-12-7-8-14(16)15(11-12)17-10-9-13-5-3-2-4-6-13/h7-8,11,13,17H,2-6,9-10H2,1H3. The molecule has 1 N–H and O–H groups in total. The molecule has 0 aliphatic heterocycles. The molecule has 0 unspecified atom stereocenters. The molecule has 1 aromatic carbocycles. The highest BCUT2D eigenvalue weighted by atomic mass is 35.5. The fraction of sp³-hybridized carbons (Fsp3) is 0.600. The summed E-state index contributed by atoms with van der Waals surface area (Å²) in [4.78, 5) is 0.